The van der Waals surface area contributed by atoms with Gasteiger partial charge in [0.15, 0.2) is 6.29 Å². The Morgan fingerprint density at radius 2 is 2.08 bits per heavy atom. The van der Waals surface area contributed by atoms with Crippen LogP contribution in [0, 0.1) is 45.8 Å². The van der Waals surface area contributed by atoms with Crippen LogP contribution in [0.15, 0.2) is 23.8 Å². The second-order valence-corrected chi connectivity index (χ2v) is 12.8. The summed E-state index contributed by atoms with van der Waals surface area (Å²) in [6, 6.07) is 0. The van der Waals surface area contributed by atoms with Crippen LogP contribution in [0.2, 0.25) is 0 Å². The zero-order valence-electron chi connectivity index (χ0n) is 22.2. The second kappa shape index (κ2) is 9.02. The molecule has 4 aliphatic carbocycles. The highest BCUT2D eigenvalue weighted by atomic mass is 19.1. The van der Waals surface area contributed by atoms with Crippen LogP contribution >= 0.6 is 0 Å². The number of fused-ring (bicyclic) bond motifs is 2. The van der Waals surface area contributed by atoms with Gasteiger partial charge in [-0.25, -0.2) is 4.39 Å². The number of halogens is 1. The van der Waals surface area contributed by atoms with Gasteiger partial charge in [0.1, 0.15) is 18.4 Å². The maximum absolute atomic E-state index is 13.5. The number of hydrogen-bond acceptors (Lipinski definition) is 5. The molecule has 0 radical (unpaired) electrons. The Labute approximate surface area is 214 Å². The molecule has 0 spiro atoms. The molecule has 1 heterocycles. The van der Waals surface area contributed by atoms with Crippen LogP contribution < -0.4 is 0 Å². The minimum absolute atomic E-state index is 0.00238. The molecule has 4 bridgehead atoms. The topological polar surface area (TPSA) is 76.1 Å². The van der Waals surface area contributed by atoms with E-state index in [-0.39, 0.29) is 30.5 Å². The zero-order valence-corrected chi connectivity index (χ0v) is 22.2. The van der Waals surface area contributed by atoms with Crippen molar-refractivity contribution in [2.45, 2.75) is 65.8 Å². The number of carbonyl (C=O) groups excluding carboxylic acids is 1. The average Bonchev–Trinajstić information content (AvgIpc) is 3.39. The number of nitrogens with zero attached hydrogens (tertiary/aromatic N) is 1. The summed E-state index contributed by atoms with van der Waals surface area (Å²) in [5.74, 6) is 0.0654. The molecule has 0 amide bonds. The molecule has 1 unspecified atom stereocenters. The third-order valence-corrected chi connectivity index (χ3v) is 10.6. The molecule has 9 atom stereocenters. The van der Waals surface area contributed by atoms with E-state index < -0.39 is 35.2 Å². The highest BCUT2D eigenvalue weighted by Gasteiger charge is 2.84. The van der Waals surface area contributed by atoms with E-state index in [1.807, 2.05) is 6.92 Å². The van der Waals surface area contributed by atoms with Crippen LogP contribution in [0.1, 0.15) is 53.4 Å². The van der Waals surface area contributed by atoms with E-state index >= 15 is 0 Å². The number of hydrogen-bond donors (Lipinski definition) is 1. The molecule has 6 nitrogen and oxygen atoms in total. The normalized spacial score (nSPS) is 45.6. The first-order chi connectivity index (χ1) is 17.1. The Morgan fingerprint density at radius 3 is 2.72 bits per heavy atom. The lowest BCUT2D eigenvalue weighted by molar-refractivity contribution is -0.235. The summed E-state index contributed by atoms with van der Waals surface area (Å²) >= 11 is 0. The first-order valence-corrected chi connectivity index (χ1v) is 13.7. The third-order valence-electron chi connectivity index (χ3n) is 10.6. The van der Waals surface area contributed by atoms with Gasteiger partial charge < -0.3 is 19.4 Å². The van der Waals surface area contributed by atoms with Gasteiger partial charge >= 0.3 is 5.97 Å². The molecule has 1 saturated heterocycles. The molecule has 36 heavy (non-hydrogen) atoms. The first-order valence-electron chi connectivity index (χ1n) is 13.7. The van der Waals surface area contributed by atoms with Gasteiger partial charge in [-0.15, -0.1) is 0 Å². The summed E-state index contributed by atoms with van der Waals surface area (Å²) in [4.78, 5) is 28.7. The second-order valence-electron chi connectivity index (χ2n) is 12.8. The lowest BCUT2D eigenvalue weighted by Gasteiger charge is -2.58. The molecule has 3 saturated carbocycles. The smallest absolute Gasteiger partial charge is 0.315 e. The number of aldehydes is 1. The van der Waals surface area contributed by atoms with E-state index in [1.165, 1.54) is 0 Å². The zero-order chi connectivity index (χ0) is 26.0. The van der Waals surface area contributed by atoms with Crippen molar-refractivity contribution in [3.05, 3.63) is 23.8 Å². The fourth-order valence-electron chi connectivity index (χ4n) is 9.45. The number of aliphatic carboxylic acids is 1. The minimum Gasteiger partial charge on any atom is -0.481 e. The molecule has 1 N–H and O–H groups in total. The predicted molar refractivity (Wildman–Crippen MR) is 134 cm³/mol. The molecule has 7 heteroatoms. The monoisotopic (exact) mass is 503 g/mol. The molecule has 0 aromatic rings. The number of alkyl halides is 1. The van der Waals surface area contributed by atoms with Crippen molar-refractivity contribution in [2.24, 2.45) is 45.8 Å². The van der Waals surface area contributed by atoms with E-state index in [1.54, 1.807) is 0 Å². The van der Waals surface area contributed by atoms with E-state index in [0.717, 1.165) is 31.1 Å². The molecule has 200 valence electrons. The molecular weight excluding hydrogens is 461 g/mol. The van der Waals surface area contributed by atoms with Crippen LogP contribution in [0.25, 0.3) is 0 Å². The molecule has 5 aliphatic rings. The number of carbonyl (C=O) groups is 2. The van der Waals surface area contributed by atoms with Gasteiger partial charge in [-0.1, -0.05) is 45.4 Å². The van der Waals surface area contributed by atoms with Crippen LogP contribution in [0.4, 0.5) is 4.39 Å². The SMILES string of the molecule is C=C(CF)CN1C[C@H](OCC23C[C@@H]4[C@H](C)CC[C@H]4[C@@]4(C=O)C[C@@H]2C=C(C(C)C)[C@@]34C(=O)O)O[C@H](C)C1. The van der Waals surface area contributed by atoms with Gasteiger partial charge in [-0.3, -0.25) is 9.69 Å². The van der Waals surface area contributed by atoms with Crippen molar-refractivity contribution < 1.29 is 28.6 Å². The van der Waals surface area contributed by atoms with E-state index in [9.17, 15) is 19.1 Å². The highest BCUT2D eigenvalue weighted by Crippen LogP contribution is 2.82. The van der Waals surface area contributed by atoms with Gasteiger partial charge in [0, 0.05) is 25.0 Å². The predicted octanol–water partition coefficient (Wildman–Crippen LogP) is 4.50. The van der Waals surface area contributed by atoms with Gasteiger partial charge in [0.25, 0.3) is 0 Å². The lowest BCUT2D eigenvalue weighted by Crippen LogP contribution is -2.64. The molecule has 0 aromatic heterocycles. The van der Waals surface area contributed by atoms with Crippen LogP contribution in [0.5, 0.6) is 0 Å². The van der Waals surface area contributed by atoms with E-state index in [0.29, 0.717) is 43.5 Å². The molecule has 0 aromatic carbocycles. The maximum Gasteiger partial charge on any atom is 0.315 e. The van der Waals surface area contributed by atoms with Crippen molar-refractivity contribution in [1.29, 1.82) is 0 Å². The number of ether oxygens (including phenoxy) is 2. The van der Waals surface area contributed by atoms with Crippen molar-refractivity contribution in [3.63, 3.8) is 0 Å². The summed E-state index contributed by atoms with van der Waals surface area (Å²) in [5.41, 5.74) is -1.36. The summed E-state index contributed by atoms with van der Waals surface area (Å²) in [6.45, 7) is 13.4. The van der Waals surface area contributed by atoms with Crippen LogP contribution in [-0.2, 0) is 19.1 Å². The molecule has 5 rings (SSSR count). The van der Waals surface area contributed by atoms with Gasteiger partial charge in [0.2, 0.25) is 0 Å². The largest absolute Gasteiger partial charge is 0.481 e. The van der Waals surface area contributed by atoms with Crippen molar-refractivity contribution >= 4 is 12.3 Å². The standard InChI is InChI=1S/C29H42FNO5/c1-17(2)24-8-21-9-27(15-32)23-7-6-19(4)22(23)10-28(21,29(24,27)26(33)34)16-35-25-14-31(12-18(3)11-30)13-20(5)36-25/h8,15,17,19-23,25H,3,6-7,9-14,16H2,1-2,4-5H3,(H,33,34)/t19-,20-,21+,22-,23-,25-,27+,28?,29+/m1/s1. The van der Waals surface area contributed by atoms with E-state index in [4.69, 9.17) is 9.47 Å². The van der Waals surface area contributed by atoms with Crippen LogP contribution in [-0.4, -0.2) is 67.6 Å². The van der Waals surface area contributed by atoms with Gasteiger partial charge in [-0.2, -0.15) is 0 Å². The Hall–Kier alpha value is -1.57. The Kier molecular flexibility index (Phi) is 6.53. The van der Waals surface area contributed by atoms with Gasteiger partial charge in [-0.05, 0) is 61.3 Å². The lowest BCUT2D eigenvalue weighted by atomic mass is 9.43. The number of carboxylic acids is 1. The summed E-state index contributed by atoms with van der Waals surface area (Å²) in [5, 5.41) is 11.1. The Balaban J connectivity index is 1.51. The number of carboxylic acid groups (broad SMARTS) is 1. The van der Waals surface area contributed by atoms with E-state index in [2.05, 4.69) is 38.3 Å². The molecular formula is C29H42FNO5. The van der Waals surface area contributed by atoms with Crippen molar-refractivity contribution in [2.75, 3.05) is 32.9 Å². The fourth-order valence-corrected chi connectivity index (χ4v) is 9.45. The Bertz CT molecular complexity index is 965. The highest BCUT2D eigenvalue weighted by molar-refractivity contribution is 5.90. The molecule has 1 aliphatic heterocycles. The van der Waals surface area contributed by atoms with Crippen molar-refractivity contribution in [3.8, 4) is 0 Å². The summed E-state index contributed by atoms with van der Waals surface area (Å²) < 4.78 is 25.7. The van der Waals surface area contributed by atoms with Crippen LogP contribution in [0.3, 0.4) is 0 Å². The quantitative estimate of drug-likeness (QED) is 0.369. The number of morpholine rings is 1. The average molecular weight is 504 g/mol. The van der Waals surface area contributed by atoms with Gasteiger partial charge in [0.05, 0.1) is 18.1 Å². The summed E-state index contributed by atoms with van der Waals surface area (Å²) in [6.07, 6.45) is 5.94. The maximum atomic E-state index is 13.5. The number of rotatable bonds is 9. The van der Waals surface area contributed by atoms with Crippen molar-refractivity contribution in [1.82, 2.24) is 4.90 Å². The molecule has 4 fully saturated rings. The minimum atomic E-state index is -1.24. The Morgan fingerprint density at radius 1 is 1.33 bits per heavy atom. The fraction of sp³-hybridized carbons (Fsp3) is 0.793. The first kappa shape index (κ1) is 26.1. The summed E-state index contributed by atoms with van der Waals surface area (Å²) in [7, 11) is 0. The third kappa shape index (κ3) is 3.31. The number of allylic oxidation sites excluding steroid dienone is 1.